The van der Waals surface area contributed by atoms with E-state index in [4.69, 9.17) is 4.74 Å². The summed E-state index contributed by atoms with van der Waals surface area (Å²) in [6.07, 6.45) is 8.38. The summed E-state index contributed by atoms with van der Waals surface area (Å²) in [5, 5.41) is 9.17. The van der Waals surface area contributed by atoms with Gasteiger partial charge in [0, 0.05) is 5.69 Å². The molecule has 1 aromatic heterocycles. The molecule has 1 heterocycles. The van der Waals surface area contributed by atoms with Gasteiger partial charge in [-0.2, -0.15) is 5.26 Å². The molecule has 0 radical (unpaired) electrons. The Morgan fingerprint density at radius 2 is 2.11 bits per heavy atom. The average Bonchev–Trinajstić information content (AvgIpc) is 3.05. The molecule has 3 heteroatoms. The molecular formula is C15H18N2O. The largest absolute Gasteiger partial charge is 0.476 e. The summed E-state index contributed by atoms with van der Waals surface area (Å²) in [6, 6.07) is 4.18. The first-order chi connectivity index (χ1) is 8.86. The molecule has 2 aliphatic rings. The van der Waals surface area contributed by atoms with E-state index in [2.05, 4.69) is 11.1 Å². The Labute approximate surface area is 108 Å². The van der Waals surface area contributed by atoms with E-state index in [1.165, 1.54) is 31.2 Å². The standard InChI is InChI=1S/C15H18N2O/c16-9-13-8-12-6-3-7-14(12)17-15(13)18-10-11-4-1-2-5-11/h8,11H,1-7,10H2. The Balaban J connectivity index is 1.76. The van der Waals surface area contributed by atoms with Crippen molar-refractivity contribution in [3.63, 3.8) is 0 Å². The van der Waals surface area contributed by atoms with Gasteiger partial charge in [-0.05, 0) is 49.7 Å². The van der Waals surface area contributed by atoms with Crippen LogP contribution in [0.15, 0.2) is 6.07 Å². The highest BCUT2D eigenvalue weighted by Gasteiger charge is 2.20. The van der Waals surface area contributed by atoms with Gasteiger partial charge in [-0.15, -0.1) is 0 Å². The first-order valence-electron chi connectivity index (χ1n) is 6.92. The molecule has 0 atom stereocenters. The molecule has 3 nitrogen and oxygen atoms in total. The van der Waals surface area contributed by atoms with Crippen LogP contribution in [0.3, 0.4) is 0 Å². The second kappa shape index (κ2) is 4.97. The van der Waals surface area contributed by atoms with Crippen LogP contribution in [0.25, 0.3) is 0 Å². The van der Waals surface area contributed by atoms with Crippen LogP contribution >= 0.6 is 0 Å². The van der Waals surface area contributed by atoms with E-state index in [9.17, 15) is 5.26 Å². The number of ether oxygens (including phenoxy) is 1. The summed E-state index contributed by atoms with van der Waals surface area (Å²) in [5.41, 5.74) is 2.98. The van der Waals surface area contributed by atoms with Gasteiger partial charge in [0.1, 0.15) is 11.6 Å². The maximum Gasteiger partial charge on any atom is 0.231 e. The third kappa shape index (κ3) is 2.20. The van der Waals surface area contributed by atoms with Gasteiger partial charge in [0.2, 0.25) is 5.88 Å². The number of hydrogen-bond acceptors (Lipinski definition) is 3. The van der Waals surface area contributed by atoms with Gasteiger partial charge in [0.05, 0.1) is 6.61 Å². The Hall–Kier alpha value is -1.56. The van der Waals surface area contributed by atoms with E-state index in [0.717, 1.165) is 31.6 Å². The van der Waals surface area contributed by atoms with Crippen LogP contribution in [0.2, 0.25) is 0 Å². The summed E-state index contributed by atoms with van der Waals surface area (Å²) in [4.78, 5) is 4.54. The van der Waals surface area contributed by atoms with Gasteiger partial charge in [-0.3, -0.25) is 0 Å². The molecule has 94 valence electrons. The summed E-state index contributed by atoms with van der Waals surface area (Å²) in [5.74, 6) is 1.22. The summed E-state index contributed by atoms with van der Waals surface area (Å²) in [7, 11) is 0. The van der Waals surface area contributed by atoms with Gasteiger partial charge >= 0.3 is 0 Å². The molecule has 3 rings (SSSR count). The first kappa shape index (κ1) is 11.5. The Kier molecular flexibility index (Phi) is 3.19. The fraction of sp³-hybridized carbons (Fsp3) is 0.600. The molecule has 0 amide bonds. The molecule has 0 saturated heterocycles. The number of nitriles is 1. The fourth-order valence-corrected chi connectivity index (χ4v) is 3.02. The molecule has 0 bridgehead atoms. The van der Waals surface area contributed by atoms with E-state index in [-0.39, 0.29) is 0 Å². The van der Waals surface area contributed by atoms with Crippen LogP contribution in [0.5, 0.6) is 5.88 Å². The first-order valence-corrected chi connectivity index (χ1v) is 6.92. The van der Waals surface area contributed by atoms with Crippen molar-refractivity contribution in [1.82, 2.24) is 4.98 Å². The van der Waals surface area contributed by atoms with E-state index < -0.39 is 0 Å². The number of hydrogen-bond donors (Lipinski definition) is 0. The second-order valence-corrected chi connectivity index (χ2v) is 5.37. The van der Waals surface area contributed by atoms with Crippen LogP contribution in [0, 0.1) is 17.2 Å². The highest BCUT2D eigenvalue weighted by Crippen LogP contribution is 2.28. The third-order valence-electron chi connectivity index (χ3n) is 4.07. The Morgan fingerprint density at radius 3 is 2.89 bits per heavy atom. The highest BCUT2D eigenvalue weighted by atomic mass is 16.5. The van der Waals surface area contributed by atoms with E-state index in [0.29, 0.717) is 17.4 Å². The van der Waals surface area contributed by atoms with E-state index in [1.54, 1.807) is 0 Å². The van der Waals surface area contributed by atoms with Crippen LogP contribution in [-0.4, -0.2) is 11.6 Å². The maximum absolute atomic E-state index is 9.17. The normalized spacial score (nSPS) is 18.6. The van der Waals surface area contributed by atoms with Crippen molar-refractivity contribution in [3.05, 3.63) is 22.9 Å². The van der Waals surface area contributed by atoms with E-state index >= 15 is 0 Å². The molecular weight excluding hydrogens is 224 g/mol. The molecule has 2 aliphatic carbocycles. The lowest BCUT2D eigenvalue weighted by Crippen LogP contribution is -2.10. The van der Waals surface area contributed by atoms with Crippen molar-refractivity contribution in [3.8, 4) is 11.9 Å². The molecule has 18 heavy (non-hydrogen) atoms. The predicted octanol–water partition coefficient (Wildman–Crippen LogP) is 3.01. The zero-order valence-corrected chi connectivity index (χ0v) is 10.6. The molecule has 1 aromatic rings. The van der Waals surface area contributed by atoms with Gasteiger partial charge < -0.3 is 4.74 Å². The van der Waals surface area contributed by atoms with Crippen molar-refractivity contribution in [1.29, 1.82) is 5.26 Å². The van der Waals surface area contributed by atoms with Gasteiger partial charge in [-0.1, -0.05) is 12.8 Å². The minimum Gasteiger partial charge on any atom is -0.476 e. The SMILES string of the molecule is N#Cc1cc2c(nc1OCC1CCCC1)CCC2. The van der Waals surface area contributed by atoms with Crippen molar-refractivity contribution >= 4 is 0 Å². The van der Waals surface area contributed by atoms with Crippen molar-refractivity contribution < 1.29 is 4.74 Å². The summed E-state index contributed by atoms with van der Waals surface area (Å²) < 4.78 is 5.80. The lowest BCUT2D eigenvalue weighted by Gasteiger charge is -2.12. The summed E-state index contributed by atoms with van der Waals surface area (Å²) in [6.45, 7) is 0.723. The zero-order chi connectivity index (χ0) is 12.4. The van der Waals surface area contributed by atoms with Gasteiger partial charge in [-0.25, -0.2) is 4.98 Å². The van der Waals surface area contributed by atoms with Crippen LogP contribution in [0.4, 0.5) is 0 Å². The number of nitrogens with zero attached hydrogens (tertiary/aromatic N) is 2. The summed E-state index contributed by atoms with van der Waals surface area (Å²) >= 11 is 0. The third-order valence-corrected chi connectivity index (χ3v) is 4.07. The minimum atomic E-state index is 0.560. The maximum atomic E-state index is 9.17. The van der Waals surface area contributed by atoms with Crippen LogP contribution in [0.1, 0.15) is 48.9 Å². The molecule has 0 aromatic carbocycles. The predicted molar refractivity (Wildman–Crippen MR) is 68.4 cm³/mol. The molecule has 0 unspecified atom stereocenters. The van der Waals surface area contributed by atoms with Gasteiger partial charge in [0.15, 0.2) is 0 Å². The van der Waals surface area contributed by atoms with E-state index in [1.807, 2.05) is 6.07 Å². The monoisotopic (exact) mass is 242 g/mol. The number of aromatic nitrogens is 1. The number of fused-ring (bicyclic) bond motifs is 1. The lowest BCUT2D eigenvalue weighted by molar-refractivity contribution is 0.242. The minimum absolute atomic E-state index is 0.560. The number of pyridine rings is 1. The second-order valence-electron chi connectivity index (χ2n) is 5.37. The quantitative estimate of drug-likeness (QED) is 0.818. The number of aryl methyl sites for hydroxylation is 2. The molecule has 1 saturated carbocycles. The van der Waals surface area contributed by atoms with Crippen molar-refractivity contribution in [2.24, 2.45) is 5.92 Å². The Morgan fingerprint density at radius 1 is 1.28 bits per heavy atom. The highest BCUT2D eigenvalue weighted by molar-refractivity contribution is 5.44. The average molecular weight is 242 g/mol. The molecule has 1 fully saturated rings. The number of rotatable bonds is 3. The lowest BCUT2D eigenvalue weighted by atomic mass is 10.1. The zero-order valence-electron chi connectivity index (χ0n) is 10.6. The fourth-order valence-electron chi connectivity index (χ4n) is 3.02. The Bertz CT molecular complexity index is 484. The molecule has 0 N–H and O–H groups in total. The van der Waals surface area contributed by atoms with Crippen molar-refractivity contribution in [2.75, 3.05) is 6.61 Å². The molecule has 0 spiro atoms. The van der Waals surface area contributed by atoms with Gasteiger partial charge in [0.25, 0.3) is 0 Å². The van der Waals surface area contributed by atoms with Crippen LogP contribution < -0.4 is 4.74 Å². The van der Waals surface area contributed by atoms with Crippen molar-refractivity contribution in [2.45, 2.75) is 44.9 Å². The molecule has 0 aliphatic heterocycles. The van der Waals surface area contributed by atoms with Crippen LogP contribution in [-0.2, 0) is 12.8 Å². The topological polar surface area (TPSA) is 45.9 Å². The smallest absolute Gasteiger partial charge is 0.231 e.